The number of aromatic nitrogens is 2. The molecule has 3 rings (SSSR count). The van der Waals surface area contributed by atoms with E-state index in [1.54, 1.807) is 36.1 Å². The Labute approximate surface area is 166 Å². The summed E-state index contributed by atoms with van der Waals surface area (Å²) in [5.74, 6) is -2.01. The lowest BCUT2D eigenvalue weighted by Gasteiger charge is -2.14. The number of carbonyl (C=O) groups is 1. The van der Waals surface area contributed by atoms with Crippen LogP contribution in [0.4, 0.5) is 24.5 Å². The average molecular weight is 454 g/mol. The number of nitrogens with one attached hydrogen (secondary N) is 2. The molecule has 0 aliphatic heterocycles. The first kappa shape index (κ1) is 19.7. The van der Waals surface area contributed by atoms with E-state index >= 15 is 0 Å². The molecule has 2 aromatic carbocycles. The normalized spacial score (nSPS) is 11.3. The lowest BCUT2D eigenvalue weighted by atomic mass is 10.1. The highest BCUT2D eigenvalue weighted by Crippen LogP contribution is 2.32. The Kier molecular flexibility index (Phi) is 5.32. The predicted octanol–water partition coefficient (Wildman–Crippen LogP) is 4.91. The summed E-state index contributed by atoms with van der Waals surface area (Å²) in [6, 6.07) is 10.7. The standard InChI is InChI=1S/C18H13BrF3N4O2/c1-26-9-14(19)16(25-26)10-3-2-4-11(7-10)24-12-5-6-13(17(23)27)15(8-12)28-18(20,21)22/h2-9,23-24H,1H3. The van der Waals surface area contributed by atoms with Crippen molar-refractivity contribution in [3.05, 3.63) is 58.7 Å². The van der Waals surface area contributed by atoms with Gasteiger partial charge < -0.3 is 10.1 Å². The number of carbonyl (C=O) groups excluding carboxylic acids is 1. The van der Waals surface area contributed by atoms with Gasteiger partial charge in [-0.3, -0.25) is 15.2 Å². The second-order valence-electron chi connectivity index (χ2n) is 5.79. The van der Waals surface area contributed by atoms with E-state index in [-0.39, 0.29) is 5.69 Å². The summed E-state index contributed by atoms with van der Waals surface area (Å²) in [6.07, 6.45) is -3.18. The van der Waals surface area contributed by atoms with Crippen molar-refractivity contribution in [2.75, 3.05) is 5.32 Å². The molecule has 10 heteroatoms. The van der Waals surface area contributed by atoms with Crippen molar-refractivity contribution < 1.29 is 22.7 Å². The number of ether oxygens (including phenoxy) is 1. The molecule has 28 heavy (non-hydrogen) atoms. The van der Waals surface area contributed by atoms with Crippen LogP contribution in [-0.2, 0) is 7.05 Å². The third-order valence-corrected chi connectivity index (χ3v) is 4.24. The molecule has 1 amide bonds. The lowest BCUT2D eigenvalue weighted by Crippen LogP contribution is -2.19. The van der Waals surface area contributed by atoms with Gasteiger partial charge in [-0.25, -0.2) is 0 Å². The van der Waals surface area contributed by atoms with Crippen LogP contribution in [0.2, 0.25) is 0 Å². The maximum Gasteiger partial charge on any atom is 0.573 e. The van der Waals surface area contributed by atoms with Crippen LogP contribution in [0.3, 0.4) is 0 Å². The summed E-state index contributed by atoms with van der Waals surface area (Å²) >= 11 is 3.43. The minimum absolute atomic E-state index is 0.265. The Morgan fingerprint density at radius 3 is 2.54 bits per heavy atom. The molecule has 0 bridgehead atoms. The summed E-state index contributed by atoms with van der Waals surface area (Å²) in [5, 5.41) is 7.32. The molecule has 0 saturated heterocycles. The fourth-order valence-corrected chi connectivity index (χ4v) is 3.17. The molecular weight excluding hydrogens is 441 g/mol. The van der Waals surface area contributed by atoms with Gasteiger partial charge in [0.05, 0.1) is 10.0 Å². The Balaban J connectivity index is 1.91. The third-order valence-electron chi connectivity index (χ3n) is 3.66. The first-order valence-corrected chi connectivity index (χ1v) is 8.64. The van der Waals surface area contributed by atoms with Gasteiger partial charge in [-0.05, 0) is 40.2 Å². The number of aryl methyl sites for hydroxylation is 1. The van der Waals surface area contributed by atoms with Gasteiger partial charge in [-0.1, -0.05) is 12.1 Å². The second-order valence-corrected chi connectivity index (χ2v) is 6.65. The van der Waals surface area contributed by atoms with Crippen LogP contribution >= 0.6 is 15.9 Å². The van der Waals surface area contributed by atoms with Crippen LogP contribution in [0.25, 0.3) is 11.3 Å². The van der Waals surface area contributed by atoms with E-state index in [4.69, 9.17) is 5.73 Å². The minimum atomic E-state index is -4.98. The fraction of sp³-hybridized carbons (Fsp3) is 0.111. The number of benzene rings is 2. The first-order valence-electron chi connectivity index (χ1n) is 7.85. The molecule has 1 radical (unpaired) electrons. The highest BCUT2D eigenvalue weighted by molar-refractivity contribution is 9.10. The van der Waals surface area contributed by atoms with Crippen LogP contribution in [0.1, 0.15) is 10.4 Å². The molecule has 0 atom stereocenters. The van der Waals surface area contributed by atoms with Gasteiger partial charge >= 0.3 is 6.36 Å². The van der Waals surface area contributed by atoms with Crippen LogP contribution in [0.5, 0.6) is 5.75 Å². The van der Waals surface area contributed by atoms with E-state index in [0.29, 0.717) is 11.4 Å². The molecule has 0 unspecified atom stereocenters. The fourth-order valence-electron chi connectivity index (χ4n) is 2.56. The Bertz CT molecular complexity index is 1030. The molecule has 1 aromatic heterocycles. The van der Waals surface area contributed by atoms with Crippen molar-refractivity contribution in [2.45, 2.75) is 6.36 Å². The summed E-state index contributed by atoms with van der Waals surface area (Å²) in [6.45, 7) is 0. The van der Waals surface area contributed by atoms with E-state index in [9.17, 15) is 18.0 Å². The number of anilines is 2. The summed E-state index contributed by atoms with van der Waals surface area (Å²) in [7, 11) is 1.79. The summed E-state index contributed by atoms with van der Waals surface area (Å²) < 4.78 is 44.1. The molecule has 0 saturated carbocycles. The molecule has 1 heterocycles. The number of amides is 1. The van der Waals surface area contributed by atoms with Crippen LogP contribution in [0.15, 0.2) is 53.1 Å². The van der Waals surface area contributed by atoms with E-state index in [0.717, 1.165) is 22.2 Å². The molecule has 0 spiro atoms. The van der Waals surface area contributed by atoms with Gasteiger partial charge in [0.1, 0.15) is 11.4 Å². The zero-order valence-corrected chi connectivity index (χ0v) is 15.9. The smallest absolute Gasteiger partial charge is 0.405 e. The number of hydrogen-bond donors (Lipinski definition) is 1. The van der Waals surface area contributed by atoms with E-state index in [2.05, 4.69) is 31.1 Å². The molecular formula is C18H13BrF3N4O2. The van der Waals surface area contributed by atoms with Crippen LogP contribution < -0.4 is 15.8 Å². The molecule has 145 valence electrons. The second kappa shape index (κ2) is 7.55. The van der Waals surface area contributed by atoms with Gasteiger partial charge in [0.2, 0.25) is 0 Å². The predicted molar refractivity (Wildman–Crippen MR) is 100 cm³/mol. The van der Waals surface area contributed by atoms with Gasteiger partial charge in [-0.15, -0.1) is 13.2 Å². The number of nitrogens with zero attached hydrogens (tertiary/aromatic N) is 2. The van der Waals surface area contributed by atoms with Crippen LogP contribution in [0, 0.1) is 0 Å². The lowest BCUT2D eigenvalue weighted by molar-refractivity contribution is -0.274. The molecule has 0 aliphatic carbocycles. The molecule has 0 fully saturated rings. The van der Waals surface area contributed by atoms with Crippen molar-refractivity contribution in [1.29, 1.82) is 0 Å². The summed E-state index contributed by atoms with van der Waals surface area (Å²) in [5.41, 5.74) is 8.97. The molecule has 0 aliphatic rings. The molecule has 3 aromatic rings. The quantitative estimate of drug-likeness (QED) is 0.594. The van der Waals surface area contributed by atoms with Crippen molar-refractivity contribution >= 4 is 33.2 Å². The number of rotatable bonds is 5. The number of hydrogen-bond acceptors (Lipinski definition) is 4. The Morgan fingerprint density at radius 1 is 1.21 bits per heavy atom. The van der Waals surface area contributed by atoms with E-state index in [1.165, 1.54) is 6.07 Å². The molecule has 6 nitrogen and oxygen atoms in total. The van der Waals surface area contributed by atoms with Crippen LogP contribution in [-0.4, -0.2) is 22.1 Å². The van der Waals surface area contributed by atoms with E-state index in [1.807, 2.05) is 6.07 Å². The van der Waals surface area contributed by atoms with Gasteiger partial charge in [0.25, 0.3) is 5.91 Å². The minimum Gasteiger partial charge on any atom is -0.405 e. The maximum atomic E-state index is 12.6. The Hall–Kier alpha value is -3.01. The maximum absolute atomic E-state index is 12.6. The largest absolute Gasteiger partial charge is 0.573 e. The average Bonchev–Trinajstić information content (AvgIpc) is 2.92. The van der Waals surface area contributed by atoms with Gasteiger partial charge in [-0.2, -0.15) is 5.10 Å². The summed E-state index contributed by atoms with van der Waals surface area (Å²) in [4.78, 5) is 11.2. The van der Waals surface area contributed by atoms with Gasteiger partial charge in [0.15, 0.2) is 0 Å². The number of alkyl halides is 3. The highest BCUT2D eigenvalue weighted by atomic mass is 79.9. The number of halogens is 4. The van der Waals surface area contributed by atoms with Gasteiger partial charge in [0, 0.05) is 36.2 Å². The van der Waals surface area contributed by atoms with Crippen molar-refractivity contribution in [2.24, 2.45) is 7.05 Å². The van der Waals surface area contributed by atoms with Crippen molar-refractivity contribution in [1.82, 2.24) is 15.5 Å². The SMILES string of the molecule is Cn1cc(Br)c(-c2cccc(Nc3ccc(C([NH])=O)c(OC(F)(F)F)c3)c2)n1. The zero-order valence-electron chi connectivity index (χ0n) is 14.3. The van der Waals surface area contributed by atoms with E-state index < -0.39 is 23.6 Å². The topological polar surface area (TPSA) is 80.0 Å². The van der Waals surface area contributed by atoms with Crippen molar-refractivity contribution in [3.8, 4) is 17.0 Å². The Morgan fingerprint density at radius 2 is 1.93 bits per heavy atom. The zero-order chi connectivity index (χ0) is 20.5. The highest BCUT2D eigenvalue weighted by Gasteiger charge is 2.33. The first-order chi connectivity index (χ1) is 13.1. The third kappa shape index (κ3) is 4.63. The molecule has 2 N–H and O–H groups in total. The monoisotopic (exact) mass is 453 g/mol. The van der Waals surface area contributed by atoms with Crippen molar-refractivity contribution in [3.63, 3.8) is 0 Å².